The van der Waals surface area contributed by atoms with E-state index >= 15 is 0 Å². The second kappa shape index (κ2) is 8.65. The average Bonchev–Trinajstić information content (AvgIpc) is 2.49. The summed E-state index contributed by atoms with van der Waals surface area (Å²) in [6.45, 7) is 15.7. The predicted octanol–water partition coefficient (Wildman–Crippen LogP) is 3.06. The van der Waals surface area contributed by atoms with Crippen molar-refractivity contribution in [3.63, 3.8) is 0 Å². The summed E-state index contributed by atoms with van der Waals surface area (Å²) in [6.07, 6.45) is 5.62. The highest BCUT2D eigenvalue weighted by Crippen LogP contribution is 2.30. The molecular weight excluding hydrogens is 270 g/mol. The Balaban J connectivity index is 1.75. The van der Waals surface area contributed by atoms with E-state index in [4.69, 9.17) is 0 Å². The molecule has 3 nitrogen and oxygen atoms in total. The number of rotatable bonds is 6. The maximum Gasteiger partial charge on any atom is 0.0244 e. The monoisotopic (exact) mass is 309 g/mol. The molecule has 1 aliphatic carbocycles. The fourth-order valence-electron chi connectivity index (χ4n) is 4.22. The van der Waals surface area contributed by atoms with Gasteiger partial charge in [-0.05, 0) is 50.5 Å². The van der Waals surface area contributed by atoms with E-state index in [-0.39, 0.29) is 0 Å². The quantitative estimate of drug-likeness (QED) is 0.813. The normalized spacial score (nSPS) is 30.1. The van der Waals surface area contributed by atoms with Crippen molar-refractivity contribution >= 4 is 0 Å². The van der Waals surface area contributed by atoms with Gasteiger partial charge in [0.1, 0.15) is 0 Å². The molecule has 1 aliphatic heterocycles. The number of hydrogen-bond acceptors (Lipinski definition) is 3. The first-order chi connectivity index (χ1) is 10.5. The fourth-order valence-corrected chi connectivity index (χ4v) is 4.22. The molecule has 1 saturated carbocycles. The topological polar surface area (TPSA) is 18.5 Å². The van der Waals surface area contributed by atoms with Gasteiger partial charge in [0.15, 0.2) is 0 Å². The third kappa shape index (κ3) is 5.21. The lowest BCUT2D eigenvalue weighted by molar-refractivity contribution is 0.0840. The van der Waals surface area contributed by atoms with Crippen molar-refractivity contribution in [2.75, 3.05) is 39.8 Å². The van der Waals surface area contributed by atoms with E-state index in [2.05, 4.69) is 49.9 Å². The predicted molar refractivity (Wildman–Crippen MR) is 96.3 cm³/mol. The van der Waals surface area contributed by atoms with Crippen LogP contribution >= 0.6 is 0 Å². The molecular formula is C19H39N3. The molecule has 0 aromatic rings. The number of piperazine rings is 1. The first-order valence-electron chi connectivity index (χ1n) is 9.63. The lowest BCUT2D eigenvalue weighted by atomic mass is 9.79. The largest absolute Gasteiger partial charge is 0.312 e. The van der Waals surface area contributed by atoms with E-state index < -0.39 is 0 Å². The van der Waals surface area contributed by atoms with Gasteiger partial charge in [-0.25, -0.2) is 0 Å². The van der Waals surface area contributed by atoms with Crippen LogP contribution < -0.4 is 5.32 Å². The summed E-state index contributed by atoms with van der Waals surface area (Å²) in [7, 11) is 2.24. The lowest BCUT2D eigenvalue weighted by Crippen LogP contribution is -2.54. The molecule has 2 fully saturated rings. The smallest absolute Gasteiger partial charge is 0.0244 e. The second-order valence-electron chi connectivity index (χ2n) is 8.41. The molecule has 2 aliphatic rings. The molecule has 0 aromatic carbocycles. The van der Waals surface area contributed by atoms with Crippen molar-refractivity contribution < 1.29 is 0 Å². The zero-order valence-corrected chi connectivity index (χ0v) is 15.6. The minimum Gasteiger partial charge on any atom is -0.312 e. The summed E-state index contributed by atoms with van der Waals surface area (Å²) < 4.78 is 0. The van der Waals surface area contributed by atoms with E-state index in [0.717, 1.165) is 23.8 Å². The van der Waals surface area contributed by atoms with Gasteiger partial charge in [0.05, 0.1) is 0 Å². The molecule has 22 heavy (non-hydrogen) atoms. The lowest BCUT2D eigenvalue weighted by Gasteiger charge is -2.41. The summed E-state index contributed by atoms with van der Waals surface area (Å²) in [5.41, 5.74) is 0. The molecule has 0 bridgehead atoms. The second-order valence-corrected chi connectivity index (χ2v) is 8.41. The molecule has 0 radical (unpaired) electrons. The van der Waals surface area contributed by atoms with Crippen molar-refractivity contribution in [1.29, 1.82) is 0 Å². The molecule has 0 aromatic heterocycles. The maximum absolute atomic E-state index is 3.92. The zero-order valence-electron chi connectivity index (χ0n) is 15.6. The third-order valence-corrected chi connectivity index (χ3v) is 6.11. The molecule has 2 rings (SSSR count). The number of nitrogens with one attached hydrogen (secondary N) is 1. The van der Waals surface area contributed by atoms with Gasteiger partial charge >= 0.3 is 0 Å². The highest BCUT2D eigenvalue weighted by molar-refractivity contribution is 4.85. The minimum absolute atomic E-state index is 0.705. The molecule has 3 heteroatoms. The third-order valence-electron chi connectivity index (χ3n) is 6.11. The summed E-state index contributed by atoms with van der Waals surface area (Å²) in [5.74, 6) is 2.58. The van der Waals surface area contributed by atoms with Crippen LogP contribution in [0.15, 0.2) is 0 Å². The van der Waals surface area contributed by atoms with Crippen LogP contribution in [0.1, 0.15) is 53.4 Å². The van der Waals surface area contributed by atoms with Crippen LogP contribution in [-0.2, 0) is 0 Å². The van der Waals surface area contributed by atoms with Gasteiger partial charge in [-0.2, -0.15) is 0 Å². The average molecular weight is 310 g/mol. The van der Waals surface area contributed by atoms with Crippen molar-refractivity contribution in [1.82, 2.24) is 15.1 Å². The van der Waals surface area contributed by atoms with Crippen LogP contribution in [0.2, 0.25) is 0 Å². The first kappa shape index (κ1) is 18.2. The molecule has 0 spiro atoms. The van der Waals surface area contributed by atoms with E-state index in [1.54, 1.807) is 0 Å². The standard InChI is InChI=1S/C19H39N3/c1-15(2)17-6-8-18(9-7-17)20-14-19(16(3)4)22-12-10-21(5)11-13-22/h15-20H,6-14H2,1-5H3. The SMILES string of the molecule is CC(C)C1CCC(NCC(C(C)C)N2CCN(C)CC2)CC1. The van der Waals surface area contributed by atoms with Gasteiger partial charge in [0.25, 0.3) is 0 Å². The Kier molecular flexibility index (Phi) is 7.17. The fraction of sp³-hybridized carbons (Fsp3) is 1.00. The van der Waals surface area contributed by atoms with Gasteiger partial charge in [-0.15, -0.1) is 0 Å². The number of nitrogens with zero attached hydrogens (tertiary/aromatic N) is 2. The van der Waals surface area contributed by atoms with Crippen LogP contribution in [0.4, 0.5) is 0 Å². The van der Waals surface area contributed by atoms with Gasteiger partial charge in [0.2, 0.25) is 0 Å². The number of likely N-dealkylation sites (N-methyl/N-ethyl adjacent to an activating group) is 1. The Morgan fingerprint density at radius 1 is 0.909 bits per heavy atom. The van der Waals surface area contributed by atoms with Crippen molar-refractivity contribution in [3.8, 4) is 0 Å². The minimum atomic E-state index is 0.705. The van der Waals surface area contributed by atoms with Crippen molar-refractivity contribution in [3.05, 3.63) is 0 Å². The Morgan fingerprint density at radius 3 is 2.00 bits per heavy atom. The Morgan fingerprint density at radius 2 is 1.50 bits per heavy atom. The van der Waals surface area contributed by atoms with E-state index in [1.165, 1.54) is 58.4 Å². The van der Waals surface area contributed by atoms with Crippen LogP contribution in [0.5, 0.6) is 0 Å². The highest BCUT2D eigenvalue weighted by Gasteiger charge is 2.27. The number of hydrogen-bond donors (Lipinski definition) is 1. The maximum atomic E-state index is 3.92. The van der Waals surface area contributed by atoms with Crippen molar-refractivity contribution in [2.24, 2.45) is 17.8 Å². The highest BCUT2D eigenvalue weighted by atomic mass is 15.3. The molecule has 1 unspecified atom stereocenters. The molecule has 1 heterocycles. The van der Waals surface area contributed by atoms with Crippen LogP contribution in [-0.4, -0.2) is 61.7 Å². The molecule has 0 amide bonds. The van der Waals surface area contributed by atoms with Gasteiger partial charge < -0.3 is 10.2 Å². The summed E-state index contributed by atoms with van der Waals surface area (Å²) >= 11 is 0. The summed E-state index contributed by atoms with van der Waals surface area (Å²) in [5, 5.41) is 3.92. The van der Waals surface area contributed by atoms with Crippen LogP contribution in [0.3, 0.4) is 0 Å². The Labute approximate surface area is 138 Å². The van der Waals surface area contributed by atoms with Crippen LogP contribution in [0, 0.1) is 17.8 Å². The van der Waals surface area contributed by atoms with Gasteiger partial charge in [-0.1, -0.05) is 27.7 Å². The van der Waals surface area contributed by atoms with E-state index in [0.29, 0.717) is 6.04 Å². The van der Waals surface area contributed by atoms with Crippen LogP contribution in [0.25, 0.3) is 0 Å². The van der Waals surface area contributed by atoms with Gasteiger partial charge in [0, 0.05) is 44.8 Å². The zero-order chi connectivity index (χ0) is 16.1. The van der Waals surface area contributed by atoms with E-state index in [1.807, 2.05) is 0 Å². The Hall–Kier alpha value is -0.120. The summed E-state index contributed by atoms with van der Waals surface area (Å²) in [6, 6.07) is 1.47. The molecule has 1 saturated heterocycles. The molecule has 130 valence electrons. The molecule has 1 N–H and O–H groups in total. The van der Waals surface area contributed by atoms with Crippen molar-refractivity contribution in [2.45, 2.75) is 65.5 Å². The summed E-state index contributed by atoms with van der Waals surface area (Å²) in [4.78, 5) is 5.17. The first-order valence-corrected chi connectivity index (χ1v) is 9.63. The molecule has 1 atom stereocenters. The van der Waals surface area contributed by atoms with Gasteiger partial charge in [-0.3, -0.25) is 4.90 Å². The van der Waals surface area contributed by atoms with E-state index in [9.17, 15) is 0 Å². The Bertz CT molecular complexity index is 300.